The van der Waals surface area contributed by atoms with Gasteiger partial charge in [0.15, 0.2) is 0 Å². The van der Waals surface area contributed by atoms with Gasteiger partial charge in [-0.15, -0.1) is 0 Å². The Bertz CT molecular complexity index is 1500. The Morgan fingerprint density at radius 3 is 2.38 bits per heavy atom. The lowest BCUT2D eigenvalue weighted by Gasteiger charge is -2.29. The predicted octanol–water partition coefficient (Wildman–Crippen LogP) is 6.51. The van der Waals surface area contributed by atoms with E-state index >= 15 is 0 Å². The van der Waals surface area contributed by atoms with Gasteiger partial charge in [-0.25, -0.2) is 4.98 Å². The Morgan fingerprint density at radius 2 is 1.70 bits per heavy atom. The number of benzene rings is 2. The summed E-state index contributed by atoms with van der Waals surface area (Å²) in [6, 6.07) is 14.8. The molecule has 190 valence electrons. The molecule has 2 aromatic heterocycles. The van der Waals surface area contributed by atoms with Crippen LogP contribution in [0.15, 0.2) is 54.7 Å². The van der Waals surface area contributed by atoms with Crippen molar-refractivity contribution in [2.45, 2.75) is 32.2 Å². The molecule has 37 heavy (non-hydrogen) atoms. The van der Waals surface area contributed by atoms with Crippen LogP contribution in [0.25, 0.3) is 0 Å². The van der Waals surface area contributed by atoms with Crippen LogP contribution in [0.3, 0.4) is 0 Å². The Labute approximate surface area is 225 Å². The van der Waals surface area contributed by atoms with Gasteiger partial charge >= 0.3 is 6.01 Å². The van der Waals surface area contributed by atoms with Crippen molar-refractivity contribution in [1.82, 2.24) is 15.0 Å². The van der Waals surface area contributed by atoms with Crippen molar-refractivity contribution in [2.75, 3.05) is 19.1 Å². The summed E-state index contributed by atoms with van der Waals surface area (Å²) >= 11 is 12.5. The number of aromatic amines is 1. The number of rotatable bonds is 6. The van der Waals surface area contributed by atoms with Crippen molar-refractivity contribution in [3.8, 4) is 11.9 Å². The number of anilines is 1. The van der Waals surface area contributed by atoms with E-state index in [1.165, 1.54) is 7.11 Å². The highest BCUT2D eigenvalue weighted by Crippen LogP contribution is 2.46. The first kappa shape index (κ1) is 25.1. The Balaban J connectivity index is 1.66. The van der Waals surface area contributed by atoms with Crippen LogP contribution in [0.4, 0.5) is 5.69 Å². The Morgan fingerprint density at radius 1 is 1.00 bits per heavy atom. The van der Waals surface area contributed by atoms with Crippen molar-refractivity contribution in [2.24, 2.45) is 0 Å². The minimum atomic E-state index is -0.608. The zero-order chi connectivity index (χ0) is 26.5. The third-order valence-corrected chi connectivity index (χ3v) is 7.39. The van der Waals surface area contributed by atoms with Crippen LogP contribution >= 0.6 is 23.2 Å². The molecule has 0 radical (unpaired) electrons. The first-order chi connectivity index (χ1) is 17.6. The normalized spacial score (nSPS) is 15.2. The number of hydrogen-bond acceptors (Lipinski definition) is 5. The fraction of sp³-hybridized carbons (Fsp3) is 0.250. The Hall–Kier alpha value is -3.55. The van der Waals surface area contributed by atoms with E-state index < -0.39 is 11.5 Å². The lowest BCUT2D eigenvalue weighted by molar-refractivity contribution is 0.0993. The number of methoxy groups -OCH3 is 2. The molecule has 0 saturated heterocycles. The smallest absolute Gasteiger partial charge is 0.319 e. The second-order valence-corrected chi connectivity index (χ2v) is 10.3. The van der Waals surface area contributed by atoms with Gasteiger partial charge in [-0.2, -0.15) is 4.98 Å². The van der Waals surface area contributed by atoms with Gasteiger partial charge in [-0.05, 0) is 62.2 Å². The molecule has 0 fully saturated rings. The number of hydrogen-bond donors (Lipinski definition) is 1. The molecule has 0 aliphatic carbocycles. The van der Waals surface area contributed by atoms with Crippen molar-refractivity contribution in [1.29, 1.82) is 0 Å². The zero-order valence-corrected chi connectivity index (χ0v) is 22.6. The van der Waals surface area contributed by atoms with Gasteiger partial charge in [0, 0.05) is 38.6 Å². The summed E-state index contributed by atoms with van der Waals surface area (Å²) < 4.78 is 10.7. The first-order valence-electron chi connectivity index (χ1n) is 11.7. The summed E-state index contributed by atoms with van der Waals surface area (Å²) in [6.45, 7) is 6.03. The number of carbonyl (C=O) groups excluding carboxylic acids is 1. The average molecular weight is 537 g/mol. The van der Waals surface area contributed by atoms with Crippen LogP contribution in [0.2, 0.25) is 10.0 Å². The summed E-state index contributed by atoms with van der Waals surface area (Å²) in [5.41, 5.74) is 5.00. The van der Waals surface area contributed by atoms with Crippen LogP contribution in [-0.2, 0) is 5.41 Å². The summed E-state index contributed by atoms with van der Waals surface area (Å²) in [7, 11) is 3.06. The standard InChI is InChI=1S/C28H26Cl2N4O3/c1-15-6-9-18(30)12-21(15)34-24(16-7-10-17(29)11-8-16)23-19(26(34)35)13-22(32-23)28(2,3)20-14-31-27(37-5)33-25(20)36-4/h6-14,24,32H,1-5H3. The summed E-state index contributed by atoms with van der Waals surface area (Å²) in [5.74, 6) is 0.292. The molecule has 0 saturated carbocycles. The minimum Gasteiger partial charge on any atom is -0.481 e. The second-order valence-electron chi connectivity index (χ2n) is 9.48. The number of fused-ring (bicyclic) bond motifs is 1. The number of aryl methyl sites for hydroxylation is 1. The van der Waals surface area contributed by atoms with E-state index in [1.54, 1.807) is 18.2 Å². The molecule has 9 heteroatoms. The third kappa shape index (κ3) is 4.22. The van der Waals surface area contributed by atoms with E-state index in [4.69, 9.17) is 32.7 Å². The molecule has 1 aliphatic rings. The van der Waals surface area contributed by atoms with E-state index in [1.807, 2.05) is 69.3 Å². The van der Waals surface area contributed by atoms with Crippen molar-refractivity contribution in [3.05, 3.63) is 98.4 Å². The number of H-pyrrole nitrogens is 1. The SMILES string of the molecule is COc1ncc(C(C)(C)c2cc3c([nH]2)C(c2ccc(Cl)cc2)N(c2cc(Cl)ccc2C)C3=O)c(OC)n1. The summed E-state index contributed by atoms with van der Waals surface area (Å²) in [6.07, 6.45) is 1.69. The molecule has 3 heterocycles. The minimum absolute atomic E-state index is 0.114. The molecule has 1 amide bonds. The first-order valence-corrected chi connectivity index (χ1v) is 12.4. The fourth-order valence-corrected chi connectivity index (χ4v) is 5.10. The largest absolute Gasteiger partial charge is 0.481 e. The summed E-state index contributed by atoms with van der Waals surface area (Å²) in [4.78, 5) is 28.0. The second kappa shape index (κ2) is 9.39. The van der Waals surface area contributed by atoms with E-state index in [0.29, 0.717) is 21.5 Å². The molecular weight excluding hydrogens is 511 g/mol. The van der Waals surface area contributed by atoms with Gasteiger partial charge in [0.05, 0.1) is 25.5 Å². The van der Waals surface area contributed by atoms with Crippen LogP contribution < -0.4 is 14.4 Å². The molecule has 1 aliphatic heterocycles. The maximum atomic E-state index is 14.0. The van der Waals surface area contributed by atoms with E-state index in [0.717, 1.165) is 33.8 Å². The molecule has 1 unspecified atom stereocenters. The van der Waals surface area contributed by atoms with Gasteiger partial charge in [0.2, 0.25) is 5.88 Å². The Kier molecular flexibility index (Phi) is 6.38. The molecule has 0 bridgehead atoms. The fourth-order valence-electron chi connectivity index (χ4n) is 4.81. The third-order valence-electron chi connectivity index (χ3n) is 6.90. The number of halogens is 2. The van der Waals surface area contributed by atoms with Crippen molar-refractivity contribution in [3.63, 3.8) is 0 Å². The van der Waals surface area contributed by atoms with Crippen LogP contribution in [-0.4, -0.2) is 35.1 Å². The monoisotopic (exact) mass is 536 g/mol. The molecule has 5 rings (SSSR count). The lowest BCUT2D eigenvalue weighted by atomic mass is 9.82. The highest BCUT2D eigenvalue weighted by molar-refractivity contribution is 6.31. The maximum Gasteiger partial charge on any atom is 0.319 e. The quantitative estimate of drug-likeness (QED) is 0.303. The number of amides is 1. The summed E-state index contributed by atoms with van der Waals surface area (Å²) in [5, 5.41) is 1.19. The van der Waals surface area contributed by atoms with Gasteiger partial charge in [-0.1, -0.05) is 41.4 Å². The van der Waals surface area contributed by atoms with Crippen molar-refractivity contribution >= 4 is 34.8 Å². The van der Waals surface area contributed by atoms with Gasteiger partial charge in [0.1, 0.15) is 6.04 Å². The molecule has 4 aromatic rings. The predicted molar refractivity (Wildman–Crippen MR) is 144 cm³/mol. The molecular formula is C28H26Cl2N4O3. The van der Waals surface area contributed by atoms with E-state index in [2.05, 4.69) is 15.0 Å². The highest BCUT2D eigenvalue weighted by atomic mass is 35.5. The molecule has 2 aromatic carbocycles. The number of nitrogens with one attached hydrogen (secondary N) is 1. The topological polar surface area (TPSA) is 80.3 Å². The molecule has 1 atom stereocenters. The van der Waals surface area contributed by atoms with E-state index in [-0.39, 0.29) is 11.9 Å². The number of ether oxygens (including phenoxy) is 2. The van der Waals surface area contributed by atoms with Gasteiger partial charge in [-0.3, -0.25) is 9.69 Å². The lowest BCUT2D eigenvalue weighted by Crippen LogP contribution is -2.30. The highest BCUT2D eigenvalue weighted by Gasteiger charge is 2.43. The molecule has 1 N–H and O–H groups in total. The van der Waals surface area contributed by atoms with Gasteiger partial charge in [0.25, 0.3) is 5.91 Å². The number of carbonyl (C=O) groups is 1. The van der Waals surface area contributed by atoms with Crippen molar-refractivity contribution < 1.29 is 14.3 Å². The average Bonchev–Trinajstić information content (AvgIpc) is 3.44. The van der Waals surface area contributed by atoms with Gasteiger partial charge < -0.3 is 14.5 Å². The van der Waals surface area contributed by atoms with Crippen LogP contribution in [0, 0.1) is 6.92 Å². The van der Waals surface area contributed by atoms with Crippen LogP contribution in [0.5, 0.6) is 11.9 Å². The van der Waals surface area contributed by atoms with E-state index in [9.17, 15) is 4.79 Å². The number of nitrogens with zero attached hydrogens (tertiary/aromatic N) is 3. The molecule has 0 spiro atoms. The zero-order valence-electron chi connectivity index (χ0n) is 21.1. The molecule has 7 nitrogen and oxygen atoms in total. The number of aromatic nitrogens is 3. The maximum absolute atomic E-state index is 14.0. The van der Waals surface area contributed by atoms with Crippen LogP contribution in [0.1, 0.15) is 58.3 Å².